The Balaban J connectivity index is 2.00. The standard InChI is InChI=1S/C16H17N3O2/c1-12(20)13-6-5-8-14(10-13)18-16(21)19(2)11-15-7-3-4-9-17-15/h3-10H,11H2,1-2H3,(H,18,21). The van der Waals surface area contributed by atoms with Crippen molar-refractivity contribution in [2.45, 2.75) is 13.5 Å². The summed E-state index contributed by atoms with van der Waals surface area (Å²) in [4.78, 5) is 29.1. The summed E-state index contributed by atoms with van der Waals surface area (Å²) in [7, 11) is 1.69. The Morgan fingerprint density at radius 3 is 2.67 bits per heavy atom. The first-order valence-corrected chi connectivity index (χ1v) is 6.59. The molecule has 0 bridgehead atoms. The van der Waals surface area contributed by atoms with Crippen LogP contribution in [-0.2, 0) is 6.54 Å². The smallest absolute Gasteiger partial charge is 0.321 e. The fraction of sp³-hybridized carbons (Fsp3) is 0.188. The minimum Gasteiger partial charge on any atom is -0.322 e. The van der Waals surface area contributed by atoms with Gasteiger partial charge in [0.2, 0.25) is 0 Å². The second-order valence-corrected chi connectivity index (χ2v) is 4.74. The minimum absolute atomic E-state index is 0.0343. The third-order valence-corrected chi connectivity index (χ3v) is 2.99. The lowest BCUT2D eigenvalue weighted by Crippen LogP contribution is -2.31. The molecule has 1 aromatic carbocycles. The van der Waals surface area contributed by atoms with E-state index in [2.05, 4.69) is 10.3 Å². The van der Waals surface area contributed by atoms with Crippen LogP contribution < -0.4 is 5.32 Å². The summed E-state index contributed by atoms with van der Waals surface area (Å²) < 4.78 is 0. The number of aromatic nitrogens is 1. The van der Waals surface area contributed by atoms with Crippen molar-refractivity contribution in [1.82, 2.24) is 9.88 Å². The van der Waals surface area contributed by atoms with Gasteiger partial charge in [-0.25, -0.2) is 4.79 Å². The summed E-state index contributed by atoms with van der Waals surface area (Å²) in [6.07, 6.45) is 1.69. The van der Waals surface area contributed by atoms with Gasteiger partial charge in [0.05, 0.1) is 12.2 Å². The highest BCUT2D eigenvalue weighted by molar-refractivity contribution is 5.96. The van der Waals surface area contributed by atoms with Crippen LogP contribution in [0.5, 0.6) is 0 Å². The fourth-order valence-electron chi connectivity index (χ4n) is 1.84. The minimum atomic E-state index is -0.249. The molecule has 0 unspecified atom stereocenters. The largest absolute Gasteiger partial charge is 0.322 e. The van der Waals surface area contributed by atoms with Crippen molar-refractivity contribution < 1.29 is 9.59 Å². The maximum atomic E-state index is 12.1. The van der Waals surface area contributed by atoms with Crippen molar-refractivity contribution in [3.8, 4) is 0 Å². The summed E-state index contributed by atoms with van der Waals surface area (Å²) in [6.45, 7) is 1.91. The highest BCUT2D eigenvalue weighted by Crippen LogP contribution is 2.12. The highest BCUT2D eigenvalue weighted by atomic mass is 16.2. The second-order valence-electron chi connectivity index (χ2n) is 4.74. The van der Waals surface area contributed by atoms with Crippen molar-refractivity contribution in [3.63, 3.8) is 0 Å². The summed E-state index contributed by atoms with van der Waals surface area (Å²) in [5, 5.41) is 2.76. The Kier molecular flexibility index (Phi) is 4.66. The van der Waals surface area contributed by atoms with Crippen molar-refractivity contribution in [2.75, 3.05) is 12.4 Å². The Morgan fingerprint density at radius 1 is 1.19 bits per heavy atom. The molecule has 2 rings (SSSR count). The molecule has 21 heavy (non-hydrogen) atoms. The number of rotatable bonds is 4. The van der Waals surface area contributed by atoms with Crippen LogP contribution in [0, 0.1) is 0 Å². The van der Waals surface area contributed by atoms with E-state index in [4.69, 9.17) is 0 Å². The summed E-state index contributed by atoms with van der Waals surface area (Å²) in [5.41, 5.74) is 1.98. The van der Waals surface area contributed by atoms with Crippen molar-refractivity contribution in [2.24, 2.45) is 0 Å². The average Bonchev–Trinajstić information content (AvgIpc) is 2.48. The number of nitrogens with one attached hydrogen (secondary N) is 1. The molecule has 1 heterocycles. The van der Waals surface area contributed by atoms with E-state index in [1.165, 1.54) is 11.8 Å². The number of ketones is 1. The van der Waals surface area contributed by atoms with E-state index in [9.17, 15) is 9.59 Å². The van der Waals surface area contributed by atoms with Crippen LogP contribution in [0.25, 0.3) is 0 Å². The number of amides is 2. The van der Waals surface area contributed by atoms with Crippen LogP contribution in [0.1, 0.15) is 23.0 Å². The van der Waals surface area contributed by atoms with Gasteiger partial charge in [-0.2, -0.15) is 0 Å². The molecule has 0 aliphatic carbocycles. The molecule has 5 heteroatoms. The number of Topliss-reactive ketones (excluding diaryl/α,β-unsaturated/α-hetero) is 1. The number of nitrogens with zero attached hydrogens (tertiary/aromatic N) is 2. The molecule has 0 radical (unpaired) electrons. The number of hydrogen-bond acceptors (Lipinski definition) is 3. The number of carbonyl (C=O) groups excluding carboxylic acids is 2. The number of carbonyl (C=O) groups is 2. The van der Waals surface area contributed by atoms with E-state index in [-0.39, 0.29) is 11.8 Å². The van der Waals surface area contributed by atoms with E-state index >= 15 is 0 Å². The molecule has 2 aromatic rings. The van der Waals surface area contributed by atoms with Gasteiger partial charge in [-0.3, -0.25) is 9.78 Å². The molecule has 5 nitrogen and oxygen atoms in total. The Hall–Kier alpha value is -2.69. The predicted octanol–water partition coefficient (Wildman–Crippen LogP) is 2.95. The first kappa shape index (κ1) is 14.7. The average molecular weight is 283 g/mol. The van der Waals surface area contributed by atoms with Crippen LogP contribution in [-0.4, -0.2) is 28.7 Å². The Morgan fingerprint density at radius 2 is 2.00 bits per heavy atom. The summed E-state index contributed by atoms with van der Waals surface area (Å²) in [5.74, 6) is -0.0343. The number of urea groups is 1. The lowest BCUT2D eigenvalue weighted by molar-refractivity contribution is 0.101. The monoisotopic (exact) mass is 283 g/mol. The lowest BCUT2D eigenvalue weighted by atomic mass is 10.1. The van der Waals surface area contributed by atoms with Crippen LogP contribution in [0.15, 0.2) is 48.7 Å². The maximum Gasteiger partial charge on any atom is 0.321 e. The van der Waals surface area contributed by atoms with E-state index < -0.39 is 0 Å². The van der Waals surface area contributed by atoms with Crippen LogP contribution in [0.4, 0.5) is 10.5 Å². The second kappa shape index (κ2) is 6.65. The fourth-order valence-corrected chi connectivity index (χ4v) is 1.84. The molecule has 0 aliphatic rings. The molecule has 0 aliphatic heterocycles. The zero-order valence-corrected chi connectivity index (χ0v) is 12.0. The predicted molar refractivity (Wildman–Crippen MR) is 81.2 cm³/mol. The van der Waals surface area contributed by atoms with Gasteiger partial charge in [0.1, 0.15) is 0 Å². The Labute approximate surface area is 123 Å². The van der Waals surface area contributed by atoms with Gasteiger partial charge >= 0.3 is 6.03 Å². The van der Waals surface area contributed by atoms with Gasteiger partial charge in [-0.15, -0.1) is 0 Å². The molecule has 0 saturated carbocycles. The van der Waals surface area contributed by atoms with E-state index in [0.29, 0.717) is 17.8 Å². The van der Waals surface area contributed by atoms with Crippen LogP contribution in [0.3, 0.4) is 0 Å². The third kappa shape index (κ3) is 4.14. The van der Waals surface area contributed by atoms with Crippen molar-refractivity contribution in [1.29, 1.82) is 0 Å². The number of hydrogen-bond donors (Lipinski definition) is 1. The normalized spacial score (nSPS) is 10.0. The molecular formula is C16H17N3O2. The van der Waals surface area contributed by atoms with Gasteiger partial charge in [-0.05, 0) is 31.2 Å². The Bertz CT molecular complexity index is 641. The first-order chi connectivity index (χ1) is 10.1. The number of anilines is 1. The van der Waals surface area contributed by atoms with E-state index in [1.807, 2.05) is 18.2 Å². The topological polar surface area (TPSA) is 62.3 Å². The molecule has 0 fully saturated rings. The summed E-state index contributed by atoms with van der Waals surface area (Å²) in [6, 6.07) is 12.2. The maximum absolute atomic E-state index is 12.1. The molecule has 0 saturated heterocycles. The number of benzene rings is 1. The quantitative estimate of drug-likeness (QED) is 0.877. The number of pyridine rings is 1. The summed E-state index contributed by atoms with van der Waals surface area (Å²) >= 11 is 0. The molecule has 1 N–H and O–H groups in total. The van der Waals surface area contributed by atoms with Gasteiger partial charge in [0, 0.05) is 24.5 Å². The van der Waals surface area contributed by atoms with Gasteiger partial charge in [-0.1, -0.05) is 18.2 Å². The molecule has 0 spiro atoms. The molecule has 2 amide bonds. The zero-order chi connectivity index (χ0) is 15.2. The first-order valence-electron chi connectivity index (χ1n) is 6.59. The van der Waals surface area contributed by atoms with Crippen LogP contribution >= 0.6 is 0 Å². The van der Waals surface area contributed by atoms with Crippen LogP contribution in [0.2, 0.25) is 0 Å². The third-order valence-electron chi connectivity index (χ3n) is 2.99. The molecular weight excluding hydrogens is 266 g/mol. The van der Waals surface area contributed by atoms with E-state index in [1.54, 1.807) is 37.5 Å². The van der Waals surface area contributed by atoms with Crippen molar-refractivity contribution >= 4 is 17.5 Å². The lowest BCUT2D eigenvalue weighted by Gasteiger charge is -2.17. The van der Waals surface area contributed by atoms with Gasteiger partial charge in [0.25, 0.3) is 0 Å². The highest BCUT2D eigenvalue weighted by Gasteiger charge is 2.10. The molecule has 1 aromatic heterocycles. The zero-order valence-electron chi connectivity index (χ0n) is 12.0. The van der Waals surface area contributed by atoms with Gasteiger partial charge < -0.3 is 10.2 Å². The van der Waals surface area contributed by atoms with Gasteiger partial charge in [0.15, 0.2) is 5.78 Å². The molecule has 0 atom stereocenters. The molecule has 108 valence electrons. The van der Waals surface area contributed by atoms with Crippen molar-refractivity contribution in [3.05, 3.63) is 59.9 Å². The van der Waals surface area contributed by atoms with E-state index in [0.717, 1.165) is 5.69 Å². The SMILES string of the molecule is CC(=O)c1cccc(NC(=O)N(C)Cc2ccccn2)c1.